The molecule has 0 spiro atoms. The zero-order valence-electron chi connectivity index (χ0n) is 10.7. The third kappa shape index (κ3) is 3.39. The van der Waals surface area contributed by atoms with Gasteiger partial charge in [-0.05, 0) is 25.8 Å². The summed E-state index contributed by atoms with van der Waals surface area (Å²) in [4.78, 5) is 26.4. The number of likely N-dealkylation sites (N-methyl/N-ethyl adjacent to an activating group) is 1. The maximum Gasteiger partial charge on any atom is 0.287 e. The molecule has 0 aromatic carbocycles. The fraction of sp³-hybridized carbons (Fsp3) is 0.583. The van der Waals surface area contributed by atoms with Gasteiger partial charge in [0.2, 0.25) is 0 Å². The second-order valence-electron chi connectivity index (χ2n) is 5.14. The van der Waals surface area contributed by atoms with Crippen LogP contribution in [0.3, 0.4) is 0 Å². The van der Waals surface area contributed by atoms with Crippen molar-refractivity contribution in [1.82, 2.24) is 9.88 Å². The fourth-order valence-corrected chi connectivity index (χ4v) is 2.33. The molecule has 1 heterocycles. The van der Waals surface area contributed by atoms with Crippen LogP contribution in [0.25, 0.3) is 0 Å². The molecule has 0 unspecified atom stereocenters. The average molecular weight is 267 g/mol. The molecule has 7 nitrogen and oxygen atoms in total. The number of carbonyl (C=O) groups excluding carboxylic acids is 1. The summed E-state index contributed by atoms with van der Waals surface area (Å²) in [6.07, 6.45) is 2.59. The summed E-state index contributed by atoms with van der Waals surface area (Å²) in [5, 5.41) is 19.7. The number of ketones is 1. The van der Waals surface area contributed by atoms with Crippen LogP contribution in [-0.4, -0.2) is 51.9 Å². The summed E-state index contributed by atoms with van der Waals surface area (Å²) in [6.45, 7) is 0.968. The number of Topliss-reactive ketones (excluding diaryl/α,β-unsaturated/α-hetero) is 1. The Morgan fingerprint density at radius 2 is 2.32 bits per heavy atom. The number of carbonyl (C=O) groups is 1. The Labute approximate surface area is 110 Å². The maximum absolute atomic E-state index is 11.9. The van der Waals surface area contributed by atoms with E-state index in [1.807, 2.05) is 11.9 Å². The lowest BCUT2D eigenvalue weighted by Gasteiger charge is -2.34. The number of nitrogens with zero attached hydrogens (tertiary/aromatic N) is 2. The first-order chi connectivity index (χ1) is 8.95. The average Bonchev–Trinajstić information content (AvgIpc) is 2.76. The van der Waals surface area contributed by atoms with Crippen LogP contribution in [0.2, 0.25) is 0 Å². The summed E-state index contributed by atoms with van der Waals surface area (Å²) < 4.78 is 0. The molecule has 7 heteroatoms. The molecule has 0 amide bonds. The van der Waals surface area contributed by atoms with Gasteiger partial charge in [-0.1, -0.05) is 0 Å². The maximum atomic E-state index is 11.9. The highest BCUT2D eigenvalue weighted by Gasteiger charge is 2.28. The topological polar surface area (TPSA) is 99.5 Å². The normalized spacial score (nSPS) is 22.3. The van der Waals surface area contributed by atoms with Crippen LogP contribution >= 0.6 is 0 Å². The monoisotopic (exact) mass is 267 g/mol. The van der Waals surface area contributed by atoms with E-state index < -0.39 is 4.92 Å². The van der Waals surface area contributed by atoms with Gasteiger partial charge in [0.1, 0.15) is 0 Å². The van der Waals surface area contributed by atoms with Gasteiger partial charge in [-0.2, -0.15) is 0 Å². The van der Waals surface area contributed by atoms with Crippen LogP contribution in [0.5, 0.6) is 0 Å². The molecular weight excluding hydrogens is 250 g/mol. The lowest BCUT2D eigenvalue weighted by molar-refractivity contribution is -0.384. The Kier molecular flexibility index (Phi) is 3.96. The molecule has 1 aliphatic rings. The van der Waals surface area contributed by atoms with E-state index in [0.717, 1.165) is 19.4 Å². The summed E-state index contributed by atoms with van der Waals surface area (Å²) >= 11 is 0. The van der Waals surface area contributed by atoms with E-state index in [1.54, 1.807) is 0 Å². The van der Waals surface area contributed by atoms with Gasteiger partial charge in [0.25, 0.3) is 5.69 Å². The fourth-order valence-electron chi connectivity index (χ4n) is 2.33. The predicted molar refractivity (Wildman–Crippen MR) is 68.0 cm³/mol. The largest absolute Gasteiger partial charge is 0.393 e. The number of hydrogen-bond acceptors (Lipinski definition) is 5. The van der Waals surface area contributed by atoms with E-state index in [4.69, 9.17) is 0 Å². The number of rotatable bonds is 6. The Bertz CT molecular complexity index is 479. The number of aliphatic hydroxyl groups excluding tert-OH is 1. The number of hydrogen-bond donors (Lipinski definition) is 2. The van der Waals surface area contributed by atoms with Crippen LogP contribution in [0, 0.1) is 16.0 Å². The van der Waals surface area contributed by atoms with E-state index in [1.165, 1.54) is 12.3 Å². The number of aliphatic hydroxyl groups is 1. The van der Waals surface area contributed by atoms with Gasteiger partial charge < -0.3 is 10.1 Å². The van der Waals surface area contributed by atoms with Gasteiger partial charge in [0, 0.05) is 12.6 Å². The van der Waals surface area contributed by atoms with Crippen LogP contribution in [0.4, 0.5) is 5.69 Å². The minimum absolute atomic E-state index is 0.104. The highest BCUT2D eigenvalue weighted by atomic mass is 16.6. The van der Waals surface area contributed by atoms with Gasteiger partial charge >= 0.3 is 0 Å². The van der Waals surface area contributed by atoms with Crippen molar-refractivity contribution in [1.29, 1.82) is 0 Å². The van der Waals surface area contributed by atoms with Crippen LogP contribution in [0.15, 0.2) is 12.3 Å². The highest BCUT2D eigenvalue weighted by Crippen LogP contribution is 2.27. The smallest absolute Gasteiger partial charge is 0.287 e. The van der Waals surface area contributed by atoms with Gasteiger partial charge in [-0.25, -0.2) is 0 Å². The van der Waals surface area contributed by atoms with E-state index in [-0.39, 0.29) is 29.8 Å². The van der Waals surface area contributed by atoms with E-state index in [2.05, 4.69) is 4.98 Å². The lowest BCUT2D eigenvalue weighted by Crippen LogP contribution is -2.38. The second kappa shape index (κ2) is 5.50. The highest BCUT2D eigenvalue weighted by molar-refractivity contribution is 5.96. The first kappa shape index (κ1) is 13.7. The summed E-state index contributed by atoms with van der Waals surface area (Å²) in [5.41, 5.74) is 0.153. The molecular formula is C12H17N3O4. The number of nitrogens with one attached hydrogen (secondary N) is 1. The molecule has 1 aliphatic carbocycles. The molecule has 1 aromatic heterocycles. The molecule has 2 N–H and O–H groups in total. The molecule has 0 bridgehead atoms. The standard InChI is InChI=1S/C12H17N3O4/c1-14(6-8-2-10(16)3-8)7-12(17)11-4-9(5-13-11)15(18)19/h4-5,8,10,13,16H,2-3,6-7H2,1H3. The van der Waals surface area contributed by atoms with Crippen LogP contribution in [0.1, 0.15) is 23.3 Å². The lowest BCUT2D eigenvalue weighted by atomic mass is 9.82. The zero-order valence-corrected chi connectivity index (χ0v) is 10.7. The van der Waals surface area contributed by atoms with Gasteiger partial charge in [-0.15, -0.1) is 0 Å². The molecule has 0 radical (unpaired) electrons. The Balaban J connectivity index is 1.84. The van der Waals surface area contributed by atoms with Gasteiger partial charge in [0.15, 0.2) is 5.78 Å². The molecule has 1 aromatic rings. The molecule has 104 valence electrons. The van der Waals surface area contributed by atoms with Crippen molar-refractivity contribution in [3.8, 4) is 0 Å². The summed E-state index contributed by atoms with van der Waals surface area (Å²) in [6, 6.07) is 1.25. The van der Waals surface area contributed by atoms with Crippen molar-refractivity contribution >= 4 is 11.5 Å². The zero-order chi connectivity index (χ0) is 14.0. The van der Waals surface area contributed by atoms with E-state index in [9.17, 15) is 20.0 Å². The third-order valence-corrected chi connectivity index (χ3v) is 3.37. The number of H-pyrrole nitrogens is 1. The SMILES string of the molecule is CN(CC(=O)c1cc([N+](=O)[O-])c[nH]1)CC1CC(O)C1. The Hall–Kier alpha value is -1.73. The summed E-state index contributed by atoms with van der Waals surface area (Å²) in [7, 11) is 1.83. The van der Waals surface area contributed by atoms with Crippen molar-refractivity contribution in [3.63, 3.8) is 0 Å². The van der Waals surface area contributed by atoms with E-state index >= 15 is 0 Å². The Morgan fingerprint density at radius 3 is 2.84 bits per heavy atom. The van der Waals surface area contributed by atoms with Gasteiger partial charge in [0.05, 0.1) is 29.5 Å². The molecule has 0 saturated heterocycles. The second-order valence-corrected chi connectivity index (χ2v) is 5.14. The van der Waals surface area contributed by atoms with Crippen molar-refractivity contribution in [2.75, 3.05) is 20.1 Å². The molecule has 1 fully saturated rings. The van der Waals surface area contributed by atoms with Crippen molar-refractivity contribution in [2.24, 2.45) is 5.92 Å². The summed E-state index contributed by atoms with van der Waals surface area (Å²) in [5.74, 6) is 0.265. The van der Waals surface area contributed by atoms with Gasteiger partial charge in [-0.3, -0.25) is 19.8 Å². The first-order valence-corrected chi connectivity index (χ1v) is 6.18. The minimum Gasteiger partial charge on any atom is -0.393 e. The first-order valence-electron chi connectivity index (χ1n) is 6.18. The molecule has 1 saturated carbocycles. The molecule has 0 atom stereocenters. The minimum atomic E-state index is -0.535. The van der Waals surface area contributed by atoms with Crippen LogP contribution < -0.4 is 0 Å². The molecule has 0 aliphatic heterocycles. The molecule has 19 heavy (non-hydrogen) atoms. The van der Waals surface area contributed by atoms with Crippen molar-refractivity contribution in [3.05, 3.63) is 28.1 Å². The van der Waals surface area contributed by atoms with Crippen molar-refractivity contribution < 1.29 is 14.8 Å². The molecule has 2 rings (SSSR count). The van der Waals surface area contributed by atoms with E-state index in [0.29, 0.717) is 5.92 Å². The third-order valence-electron chi connectivity index (χ3n) is 3.37. The predicted octanol–water partition coefficient (Wildman–Crippen LogP) is 0.808. The number of aromatic amines is 1. The quantitative estimate of drug-likeness (QED) is 0.451. The number of aromatic nitrogens is 1. The Morgan fingerprint density at radius 1 is 1.63 bits per heavy atom. The number of nitro groups is 1. The van der Waals surface area contributed by atoms with Crippen LogP contribution in [-0.2, 0) is 0 Å². The van der Waals surface area contributed by atoms with Crippen molar-refractivity contribution in [2.45, 2.75) is 18.9 Å².